The van der Waals surface area contributed by atoms with Crippen LogP contribution in [0.15, 0.2) is 11.4 Å². The molecule has 1 aromatic heterocycles. The summed E-state index contributed by atoms with van der Waals surface area (Å²) < 4.78 is 0. The van der Waals surface area contributed by atoms with Gasteiger partial charge in [-0.3, -0.25) is 0 Å². The fourth-order valence-electron chi connectivity index (χ4n) is 1.71. The van der Waals surface area contributed by atoms with Crippen molar-refractivity contribution < 1.29 is 15.0 Å². The second-order valence-corrected chi connectivity index (χ2v) is 4.91. The molecule has 0 aliphatic heterocycles. The summed E-state index contributed by atoms with van der Waals surface area (Å²) in [5, 5.41) is 22.9. The Morgan fingerprint density at radius 2 is 2.35 bits per heavy atom. The van der Waals surface area contributed by atoms with Crippen LogP contribution in [0, 0.1) is 5.92 Å². The summed E-state index contributed by atoms with van der Waals surface area (Å²) >= 11 is 1.25. The smallest absolute Gasteiger partial charge is 0.346 e. The lowest BCUT2D eigenvalue weighted by molar-refractivity contribution is 0.0701. The first-order valence-electron chi connectivity index (χ1n) is 5.80. The summed E-state index contributed by atoms with van der Waals surface area (Å²) in [6, 6.07) is 1.84. The van der Waals surface area contributed by atoms with E-state index in [2.05, 4.69) is 12.2 Å². The lowest BCUT2D eigenvalue weighted by Gasteiger charge is -2.14. The second-order valence-electron chi connectivity index (χ2n) is 4.00. The van der Waals surface area contributed by atoms with Gasteiger partial charge in [0.1, 0.15) is 4.88 Å². The molecule has 5 heteroatoms. The van der Waals surface area contributed by atoms with Crippen molar-refractivity contribution in [1.29, 1.82) is 0 Å². The normalized spacial score (nSPS) is 12.6. The van der Waals surface area contributed by atoms with Crippen molar-refractivity contribution in [3.63, 3.8) is 0 Å². The quantitative estimate of drug-likeness (QED) is 0.665. The van der Waals surface area contributed by atoms with Crippen LogP contribution in [0.25, 0.3) is 0 Å². The Hall–Kier alpha value is -0.910. The fourth-order valence-corrected chi connectivity index (χ4v) is 2.47. The molecule has 0 aliphatic carbocycles. The molecule has 0 aliphatic rings. The van der Waals surface area contributed by atoms with Crippen LogP contribution in [-0.2, 0) is 6.54 Å². The molecule has 0 aromatic carbocycles. The molecule has 4 nitrogen and oxygen atoms in total. The van der Waals surface area contributed by atoms with Gasteiger partial charge in [-0.25, -0.2) is 4.79 Å². The SMILES string of the molecule is CCC(CCO)CNCc1ccsc1C(=O)O. The number of carboxylic acid groups (broad SMARTS) is 1. The molecule has 0 bridgehead atoms. The first-order valence-corrected chi connectivity index (χ1v) is 6.68. The highest BCUT2D eigenvalue weighted by Gasteiger charge is 2.11. The largest absolute Gasteiger partial charge is 0.477 e. The highest BCUT2D eigenvalue weighted by molar-refractivity contribution is 7.12. The third kappa shape index (κ3) is 4.46. The Labute approximate surface area is 105 Å². The number of nitrogens with one attached hydrogen (secondary N) is 1. The molecule has 0 fully saturated rings. The van der Waals surface area contributed by atoms with Gasteiger partial charge >= 0.3 is 5.97 Å². The van der Waals surface area contributed by atoms with Crippen LogP contribution in [0.1, 0.15) is 35.0 Å². The van der Waals surface area contributed by atoms with Crippen LogP contribution >= 0.6 is 11.3 Å². The Kier molecular flexibility index (Phi) is 6.18. The maximum atomic E-state index is 10.9. The van der Waals surface area contributed by atoms with Crippen molar-refractivity contribution in [3.8, 4) is 0 Å². The minimum atomic E-state index is -0.862. The van der Waals surface area contributed by atoms with E-state index in [1.165, 1.54) is 11.3 Å². The number of thiophene rings is 1. The van der Waals surface area contributed by atoms with Gasteiger partial charge in [-0.05, 0) is 35.9 Å². The predicted octanol–water partition coefficient (Wildman–Crippen LogP) is 1.94. The van der Waals surface area contributed by atoms with E-state index in [1.54, 1.807) is 5.38 Å². The van der Waals surface area contributed by atoms with E-state index >= 15 is 0 Å². The zero-order valence-corrected chi connectivity index (χ0v) is 10.8. The number of rotatable bonds is 8. The lowest BCUT2D eigenvalue weighted by Crippen LogP contribution is -2.23. The molecule has 17 heavy (non-hydrogen) atoms. The van der Waals surface area contributed by atoms with Crippen LogP contribution in [0.5, 0.6) is 0 Å². The molecule has 1 atom stereocenters. The van der Waals surface area contributed by atoms with E-state index in [4.69, 9.17) is 10.2 Å². The van der Waals surface area contributed by atoms with Crippen LogP contribution in [-0.4, -0.2) is 29.3 Å². The molecular formula is C12H19NO3S. The van der Waals surface area contributed by atoms with E-state index in [1.807, 2.05) is 6.07 Å². The van der Waals surface area contributed by atoms with Crippen LogP contribution in [0.2, 0.25) is 0 Å². The number of carbonyl (C=O) groups is 1. The van der Waals surface area contributed by atoms with Gasteiger partial charge in [-0.2, -0.15) is 0 Å². The number of aromatic carboxylic acids is 1. The number of aliphatic hydroxyl groups excluding tert-OH is 1. The molecule has 0 amide bonds. The van der Waals surface area contributed by atoms with Crippen molar-refractivity contribution in [2.24, 2.45) is 5.92 Å². The number of aliphatic hydroxyl groups is 1. The Balaban J connectivity index is 2.39. The van der Waals surface area contributed by atoms with E-state index in [0.29, 0.717) is 17.3 Å². The van der Waals surface area contributed by atoms with Crippen LogP contribution in [0.4, 0.5) is 0 Å². The predicted molar refractivity (Wildman–Crippen MR) is 68.5 cm³/mol. The summed E-state index contributed by atoms with van der Waals surface area (Å²) in [5.41, 5.74) is 0.835. The summed E-state index contributed by atoms with van der Waals surface area (Å²) in [7, 11) is 0. The molecule has 1 rings (SSSR count). The summed E-state index contributed by atoms with van der Waals surface area (Å²) in [6.07, 6.45) is 1.81. The minimum Gasteiger partial charge on any atom is -0.477 e. The summed E-state index contributed by atoms with van der Waals surface area (Å²) in [5.74, 6) is -0.411. The number of carboxylic acids is 1. The van der Waals surface area contributed by atoms with Gasteiger partial charge in [0.05, 0.1) is 0 Å². The number of hydrogen-bond acceptors (Lipinski definition) is 4. The molecule has 0 saturated heterocycles. The summed E-state index contributed by atoms with van der Waals surface area (Å²) in [4.78, 5) is 11.3. The van der Waals surface area contributed by atoms with E-state index in [-0.39, 0.29) is 6.61 Å². The van der Waals surface area contributed by atoms with Gasteiger partial charge < -0.3 is 15.5 Å². The zero-order valence-electron chi connectivity index (χ0n) is 9.98. The molecule has 0 spiro atoms. The van der Waals surface area contributed by atoms with Gasteiger partial charge in [0.25, 0.3) is 0 Å². The summed E-state index contributed by atoms with van der Waals surface area (Å²) in [6.45, 7) is 3.69. The molecule has 1 aromatic rings. The van der Waals surface area contributed by atoms with E-state index in [9.17, 15) is 4.79 Å². The highest BCUT2D eigenvalue weighted by atomic mass is 32.1. The van der Waals surface area contributed by atoms with Crippen molar-refractivity contribution in [2.45, 2.75) is 26.3 Å². The minimum absolute atomic E-state index is 0.207. The van der Waals surface area contributed by atoms with Crippen molar-refractivity contribution in [1.82, 2.24) is 5.32 Å². The Bertz CT molecular complexity index is 351. The molecular weight excluding hydrogens is 238 g/mol. The van der Waals surface area contributed by atoms with Crippen LogP contribution in [0.3, 0.4) is 0 Å². The molecule has 3 N–H and O–H groups in total. The van der Waals surface area contributed by atoms with Crippen molar-refractivity contribution in [2.75, 3.05) is 13.2 Å². The van der Waals surface area contributed by atoms with Gasteiger partial charge in [0.15, 0.2) is 0 Å². The molecule has 1 heterocycles. The average molecular weight is 257 g/mol. The zero-order chi connectivity index (χ0) is 12.7. The number of hydrogen-bond donors (Lipinski definition) is 3. The average Bonchev–Trinajstić information content (AvgIpc) is 2.76. The van der Waals surface area contributed by atoms with Gasteiger partial charge in [0.2, 0.25) is 0 Å². The first kappa shape index (κ1) is 14.2. The monoisotopic (exact) mass is 257 g/mol. The van der Waals surface area contributed by atoms with Crippen molar-refractivity contribution >= 4 is 17.3 Å². The topological polar surface area (TPSA) is 69.6 Å². The maximum absolute atomic E-state index is 10.9. The van der Waals surface area contributed by atoms with Gasteiger partial charge in [-0.1, -0.05) is 13.3 Å². The Morgan fingerprint density at radius 3 is 2.94 bits per heavy atom. The second kappa shape index (κ2) is 7.42. The van der Waals surface area contributed by atoms with E-state index < -0.39 is 5.97 Å². The third-order valence-electron chi connectivity index (χ3n) is 2.80. The van der Waals surface area contributed by atoms with Crippen molar-refractivity contribution in [3.05, 3.63) is 21.9 Å². The first-order chi connectivity index (χ1) is 8.19. The van der Waals surface area contributed by atoms with Crippen LogP contribution < -0.4 is 5.32 Å². The standard InChI is InChI=1S/C12H19NO3S/c1-2-9(3-5-14)7-13-8-10-4-6-17-11(10)12(15)16/h4,6,9,13-14H,2-3,5,7-8H2,1H3,(H,15,16). The maximum Gasteiger partial charge on any atom is 0.346 e. The molecule has 0 saturated carbocycles. The molecule has 0 radical (unpaired) electrons. The molecule has 96 valence electrons. The van der Waals surface area contributed by atoms with E-state index in [0.717, 1.165) is 24.9 Å². The van der Waals surface area contributed by atoms with Gasteiger partial charge in [0, 0.05) is 13.2 Å². The van der Waals surface area contributed by atoms with Gasteiger partial charge in [-0.15, -0.1) is 11.3 Å². The third-order valence-corrected chi connectivity index (χ3v) is 3.75. The Morgan fingerprint density at radius 1 is 1.59 bits per heavy atom. The highest BCUT2D eigenvalue weighted by Crippen LogP contribution is 2.16. The lowest BCUT2D eigenvalue weighted by atomic mass is 10.0. The fraction of sp³-hybridized carbons (Fsp3) is 0.583. The molecule has 1 unspecified atom stereocenters.